The van der Waals surface area contributed by atoms with Gasteiger partial charge in [-0.15, -0.1) is 12.4 Å². The predicted molar refractivity (Wildman–Crippen MR) is 327 cm³/mol. The summed E-state index contributed by atoms with van der Waals surface area (Å²) >= 11 is 17.5. The van der Waals surface area contributed by atoms with Crippen LogP contribution in [0, 0.1) is 24.2 Å². The van der Waals surface area contributed by atoms with Gasteiger partial charge in [0.25, 0.3) is 0 Å². The quantitative estimate of drug-likeness (QED) is 0.0480. The van der Waals surface area contributed by atoms with Crippen molar-refractivity contribution in [3.8, 4) is 0 Å². The summed E-state index contributed by atoms with van der Waals surface area (Å²) in [7, 11) is -9.32. The monoisotopic (exact) mass is 1300 g/mol. The van der Waals surface area contributed by atoms with Gasteiger partial charge < -0.3 is 38.5 Å². The van der Waals surface area contributed by atoms with Gasteiger partial charge in [-0.1, -0.05) is 69.3 Å². The largest absolute Gasteiger partial charge is 2.00 e. The second-order valence-electron chi connectivity index (χ2n) is 19.3. The summed E-state index contributed by atoms with van der Waals surface area (Å²) in [5.41, 5.74) is 2.55. The molecule has 4 N–H and O–H groups in total. The number of nitrogens with zero attached hydrogens (tertiary/aromatic N) is 8. The molecule has 0 bridgehead atoms. The van der Waals surface area contributed by atoms with Crippen molar-refractivity contribution in [3.63, 3.8) is 0 Å². The predicted octanol–water partition coefficient (Wildman–Crippen LogP) is 5.95. The maximum absolute atomic E-state index is 11.4. The molecule has 27 heteroatoms. The number of hydrogen-bond donors (Lipinski definition) is 4. The molecule has 3 aliphatic heterocycles. The fraction of sp³-hybridized carbons (Fsp3) is 0.519. The van der Waals surface area contributed by atoms with Crippen molar-refractivity contribution < 1.29 is 42.2 Å². The van der Waals surface area contributed by atoms with Crippen molar-refractivity contribution >= 4 is 145 Å². The number of hydrogen-bond acceptors (Lipinski definition) is 15. The van der Waals surface area contributed by atoms with Crippen molar-refractivity contribution in [2.24, 2.45) is 17.8 Å². The average Bonchev–Trinajstić information content (AvgIpc) is 3.37. The van der Waals surface area contributed by atoms with Gasteiger partial charge in [0.1, 0.15) is 22.6 Å². The summed E-state index contributed by atoms with van der Waals surface area (Å²) in [5, 5.41) is 6.89. The Morgan fingerprint density at radius 1 is 0.595 bits per heavy atom. The molecule has 0 radical (unpaired) electrons. The SMILES string of the molecule is C.CC(C)c1nc(N2CCCC(CNS(C)(=O)=O)C2)c2ccccc2n1.CS(=O)(=O)NCC1CCCN(c2nc(Cl)nc3ccccc23)C1.CS(=O)(=O)NCC1CCCNC1.C[CH-]C.Cl.Clc1nc(Cl)c2ccccc2n1.[Br-].[Mg+2]. The van der Waals surface area contributed by atoms with Crippen LogP contribution in [0.2, 0.25) is 15.7 Å². The van der Waals surface area contributed by atoms with E-state index in [1.165, 1.54) is 18.8 Å². The van der Waals surface area contributed by atoms with Crippen molar-refractivity contribution in [2.45, 2.75) is 79.6 Å². The molecule has 3 fully saturated rings. The molecule has 3 aromatic heterocycles. The first-order valence-corrected chi connectivity index (χ1v) is 31.9. The van der Waals surface area contributed by atoms with E-state index in [1.54, 1.807) is 0 Å². The van der Waals surface area contributed by atoms with Crippen LogP contribution in [0.4, 0.5) is 11.6 Å². The van der Waals surface area contributed by atoms with Crippen LogP contribution >= 0.6 is 47.2 Å². The number of halogens is 5. The first-order chi connectivity index (χ1) is 35.5. The molecule has 79 heavy (non-hydrogen) atoms. The van der Waals surface area contributed by atoms with E-state index in [-0.39, 0.29) is 82.3 Å². The maximum Gasteiger partial charge on any atom is 2.00 e. The zero-order chi connectivity index (χ0) is 54.8. The Labute approximate surface area is 517 Å². The Kier molecular flexibility index (Phi) is 34.1. The third-order valence-corrected chi connectivity index (χ3v) is 14.8. The summed E-state index contributed by atoms with van der Waals surface area (Å²) in [6.07, 6.45) is 11.9. The summed E-state index contributed by atoms with van der Waals surface area (Å²) in [5.74, 6) is 3.92. The molecule has 0 saturated carbocycles. The van der Waals surface area contributed by atoms with E-state index in [4.69, 9.17) is 39.8 Å². The molecule has 3 unspecified atom stereocenters. The third-order valence-electron chi connectivity index (χ3n) is 12.1. The van der Waals surface area contributed by atoms with Gasteiger partial charge in [-0.3, -0.25) is 0 Å². The minimum Gasteiger partial charge on any atom is -1.00 e. The molecule has 0 spiro atoms. The Morgan fingerprint density at radius 2 is 0.975 bits per heavy atom. The van der Waals surface area contributed by atoms with Crippen LogP contribution in [0.5, 0.6) is 0 Å². The second-order valence-corrected chi connectivity index (χ2v) is 25.8. The number of piperidine rings is 3. The summed E-state index contributed by atoms with van der Waals surface area (Å²) in [4.78, 5) is 30.5. The van der Waals surface area contributed by atoms with E-state index < -0.39 is 30.1 Å². The van der Waals surface area contributed by atoms with Gasteiger partial charge in [0.2, 0.25) is 40.6 Å². The minimum atomic E-state index is -3.16. The van der Waals surface area contributed by atoms with Gasteiger partial charge in [-0.2, -0.15) is 18.8 Å². The third kappa shape index (κ3) is 26.2. The average molecular weight is 1310 g/mol. The minimum absolute atomic E-state index is 0. The van der Waals surface area contributed by atoms with E-state index in [1.807, 2.05) is 87.0 Å². The van der Waals surface area contributed by atoms with Crippen molar-refractivity contribution in [1.82, 2.24) is 49.4 Å². The van der Waals surface area contributed by atoms with E-state index in [0.717, 1.165) is 128 Å². The summed E-state index contributed by atoms with van der Waals surface area (Å²) in [6.45, 7) is 15.1. The fourth-order valence-electron chi connectivity index (χ4n) is 8.62. The van der Waals surface area contributed by atoms with E-state index in [2.05, 4.69) is 74.1 Å². The number of para-hydroxylation sites is 3. The number of rotatable bonds is 12. The Bertz CT molecular complexity index is 3140. The van der Waals surface area contributed by atoms with E-state index in [9.17, 15) is 25.3 Å². The van der Waals surface area contributed by atoms with Crippen LogP contribution in [-0.2, 0) is 30.1 Å². The van der Waals surface area contributed by atoms with E-state index >= 15 is 0 Å². The van der Waals surface area contributed by atoms with Gasteiger partial charge in [0.05, 0.1) is 35.3 Å². The molecule has 3 atom stereocenters. The van der Waals surface area contributed by atoms with Crippen LogP contribution < -0.4 is 46.3 Å². The first-order valence-electron chi connectivity index (χ1n) is 25.1. The van der Waals surface area contributed by atoms with Crippen LogP contribution in [0.15, 0.2) is 72.8 Å². The Balaban J connectivity index is 0.000000532. The molecule has 3 aliphatic rings. The zero-order valence-electron chi connectivity index (χ0n) is 45.3. The Hall–Kier alpha value is -2.62. The number of aromatic nitrogens is 6. The number of nitrogens with one attached hydrogen (secondary N) is 4. The van der Waals surface area contributed by atoms with Crippen LogP contribution in [0.1, 0.15) is 85.4 Å². The molecule has 436 valence electrons. The normalized spacial score (nSPS) is 17.3. The molecule has 18 nitrogen and oxygen atoms in total. The van der Waals surface area contributed by atoms with Crippen LogP contribution in [0.3, 0.4) is 0 Å². The molecule has 9 rings (SSSR count). The van der Waals surface area contributed by atoms with Gasteiger partial charge in [-0.25, -0.2) is 64.3 Å². The summed E-state index contributed by atoms with van der Waals surface area (Å²) < 4.78 is 74.6. The number of sulfonamides is 3. The smallest absolute Gasteiger partial charge is 1.00 e. The zero-order valence-corrected chi connectivity index (χ0v) is 53.8. The standard InChI is InChI=1S/C18H26N4O2S.C15H19ClN4O2S.C8H4Cl2N2.C7H16N2O2S.C3H7.CH4.BrH.ClH.Mg/c1-13(2)17-20-16-9-5-4-8-15(16)18(21-17)22-10-6-7-14(12-22)11-19-25(3,23)24;1-23(21,22)17-9-11-5-4-8-20(10-11)14-12-6-2-3-7-13(12)18-15(16)19-14;9-7-5-3-1-2-4-6(5)11-8(10)12-7;1-12(10,11)9-6-7-3-2-4-8-5-7;1-3-2;;;;/h4-5,8-9,13-14,19H,6-7,10-12H2,1-3H3;2-3,6-7,11,17H,4-5,8-10H2,1H3;1-4H;7-9H,2-6H2,1H3;3H,1-2H3;1H4;2*1H;/q;;;;-1;;;;+2/p-1. The van der Waals surface area contributed by atoms with Crippen molar-refractivity contribution in [1.29, 1.82) is 0 Å². The van der Waals surface area contributed by atoms with E-state index in [0.29, 0.717) is 36.6 Å². The topological polar surface area (TPSA) is 234 Å². The molecule has 0 amide bonds. The maximum atomic E-state index is 11.4. The second kappa shape index (κ2) is 36.2. The summed E-state index contributed by atoms with van der Waals surface area (Å²) in [6, 6.07) is 23.3. The van der Waals surface area contributed by atoms with Gasteiger partial charge >= 0.3 is 23.1 Å². The van der Waals surface area contributed by atoms with Crippen LogP contribution in [0.25, 0.3) is 32.7 Å². The first kappa shape index (κ1) is 74.4. The van der Waals surface area contributed by atoms with Crippen molar-refractivity contribution in [3.05, 3.63) is 101 Å². The van der Waals surface area contributed by atoms with Crippen LogP contribution in [-0.4, -0.2) is 156 Å². The molecule has 6 heterocycles. The molecule has 0 aliphatic carbocycles. The Morgan fingerprint density at radius 3 is 1.41 bits per heavy atom. The van der Waals surface area contributed by atoms with Gasteiger partial charge in [-0.05, 0) is 129 Å². The molecule has 6 aromatic rings. The molecule has 3 aromatic carbocycles. The number of benzene rings is 3. The fourth-order valence-corrected chi connectivity index (χ4v) is 10.9. The molecule has 3 saturated heterocycles. The number of fused-ring (bicyclic) bond motifs is 3. The van der Waals surface area contributed by atoms with Gasteiger partial charge in [0.15, 0.2) is 0 Å². The van der Waals surface area contributed by atoms with Gasteiger partial charge in [0, 0.05) is 67.9 Å². The molecular formula is C52H77BrCl4MgN12O6S3. The van der Waals surface area contributed by atoms with Crippen molar-refractivity contribution in [2.75, 3.05) is 87.5 Å². The molecular weight excluding hydrogens is 1230 g/mol. The number of anilines is 2.